The van der Waals surface area contributed by atoms with E-state index in [0.717, 1.165) is 37.7 Å². The molecule has 2 aromatic carbocycles. The molecule has 0 aromatic heterocycles. The summed E-state index contributed by atoms with van der Waals surface area (Å²) in [5.41, 5.74) is 1.97. The molecule has 2 saturated heterocycles. The molecule has 4 rings (SSSR count). The summed E-state index contributed by atoms with van der Waals surface area (Å²) < 4.78 is 13.9. The van der Waals surface area contributed by atoms with Gasteiger partial charge in [-0.2, -0.15) is 0 Å². The lowest BCUT2D eigenvalue weighted by Crippen LogP contribution is -2.59. The fraction of sp³-hybridized carbons (Fsp3) is 0.391. The number of fused-ring (bicyclic) bond motifs is 2. The molecular weight excluding hydrogens is 369 g/mol. The van der Waals surface area contributed by atoms with Gasteiger partial charge in [-0.05, 0) is 63.3 Å². The molecule has 3 amide bonds. The molecule has 2 heterocycles. The maximum absolute atomic E-state index is 13.9. The van der Waals surface area contributed by atoms with Crippen molar-refractivity contribution in [1.82, 2.24) is 10.2 Å². The summed E-state index contributed by atoms with van der Waals surface area (Å²) in [4.78, 5) is 27.3. The first kappa shape index (κ1) is 19.4. The van der Waals surface area contributed by atoms with Gasteiger partial charge in [0, 0.05) is 23.7 Å². The third kappa shape index (κ3) is 4.26. The smallest absolute Gasteiger partial charge is 0.322 e. The molecule has 29 heavy (non-hydrogen) atoms. The highest BCUT2D eigenvalue weighted by Gasteiger charge is 2.41. The Morgan fingerprint density at radius 1 is 1.00 bits per heavy atom. The summed E-state index contributed by atoms with van der Waals surface area (Å²) in [6.07, 6.45) is 4.31. The largest absolute Gasteiger partial charge is 0.349 e. The third-order valence-corrected chi connectivity index (χ3v) is 5.97. The van der Waals surface area contributed by atoms with E-state index in [1.807, 2.05) is 36.1 Å². The topological polar surface area (TPSA) is 61.4 Å². The van der Waals surface area contributed by atoms with Crippen LogP contribution in [0.1, 0.15) is 48.0 Å². The SMILES string of the molecule is Cc1ccc(C(=O)NC2C[C@H]3CCC[C@H](C2)N3C(=O)Nc2ccccc2F)cc1. The maximum Gasteiger partial charge on any atom is 0.322 e. The Hall–Kier alpha value is -2.89. The van der Waals surface area contributed by atoms with Crippen molar-refractivity contribution in [3.8, 4) is 0 Å². The Labute approximate surface area is 170 Å². The third-order valence-electron chi connectivity index (χ3n) is 5.97. The van der Waals surface area contributed by atoms with Crippen molar-refractivity contribution in [3.05, 3.63) is 65.5 Å². The number of benzene rings is 2. The van der Waals surface area contributed by atoms with Crippen molar-refractivity contribution in [2.75, 3.05) is 5.32 Å². The predicted octanol–water partition coefficient (Wildman–Crippen LogP) is 4.48. The molecule has 0 saturated carbocycles. The number of hydrogen-bond acceptors (Lipinski definition) is 2. The first-order valence-electron chi connectivity index (χ1n) is 10.2. The number of urea groups is 1. The number of nitrogens with zero attached hydrogens (tertiary/aromatic N) is 1. The van der Waals surface area contributed by atoms with Crippen LogP contribution in [0.2, 0.25) is 0 Å². The molecule has 6 heteroatoms. The van der Waals surface area contributed by atoms with Gasteiger partial charge in [0.1, 0.15) is 5.82 Å². The fourth-order valence-electron chi connectivity index (χ4n) is 4.55. The molecule has 0 aliphatic carbocycles. The Kier molecular flexibility index (Phi) is 5.51. The maximum atomic E-state index is 13.9. The van der Waals surface area contributed by atoms with E-state index in [0.29, 0.717) is 5.56 Å². The minimum atomic E-state index is -0.439. The van der Waals surface area contributed by atoms with Gasteiger partial charge < -0.3 is 15.5 Å². The molecule has 2 N–H and O–H groups in total. The second-order valence-corrected chi connectivity index (χ2v) is 8.06. The van der Waals surface area contributed by atoms with Gasteiger partial charge in [-0.25, -0.2) is 9.18 Å². The Balaban J connectivity index is 1.42. The standard InChI is InChI=1S/C23H26FN3O2/c1-15-9-11-16(12-10-15)22(28)25-17-13-18-5-4-6-19(14-17)27(18)23(29)26-21-8-3-2-7-20(21)24/h2-3,7-12,17-19H,4-6,13-14H2,1H3,(H,25,28)(H,26,29)/t18-,19-/m1/s1. The van der Waals surface area contributed by atoms with E-state index in [9.17, 15) is 14.0 Å². The quantitative estimate of drug-likeness (QED) is 0.805. The second kappa shape index (κ2) is 8.23. The van der Waals surface area contributed by atoms with Crippen LogP contribution in [-0.4, -0.2) is 35.0 Å². The van der Waals surface area contributed by atoms with E-state index >= 15 is 0 Å². The molecule has 0 spiro atoms. The predicted molar refractivity (Wildman–Crippen MR) is 110 cm³/mol. The van der Waals surface area contributed by atoms with Crippen molar-refractivity contribution in [2.24, 2.45) is 0 Å². The number of rotatable bonds is 3. The number of piperidine rings is 2. The van der Waals surface area contributed by atoms with Crippen LogP contribution < -0.4 is 10.6 Å². The molecule has 0 radical (unpaired) electrons. The number of hydrogen-bond donors (Lipinski definition) is 2. The highest BCUT2D eigenvalue weighted by molar-refractivity contribution is 5.94. The Morgan fingerprint density at radius 3 is 2.31 bits per heavy atom. The summed E-state index contributed by atoms with van der Waals surface area (Å²) in [7, 11) is 0. The zero-order valence-electron chi connectivity index (χ0n) is 16.5. The van der Waals surface area contributed by atoms with Crippen LogP contribution in [-0.2, 0) is 0 Å². The lowest BCUT2D eigenvalue weighted by molar-refractivity contribution is 0.0576. The lowest BCUT2D eigenvalue weighted by atomic mass is 9.82. The van der Waals surface area contributed by atoms with Gasteiger partial charge >= 0.3 is 6.03 Å². The first-order valence-corrected chi connectivity index (χ1v) is 10.2. The molecular formula is C23H26FN3O2. The van der Waals surface area contributed by atoms with Crippen LogP contribution in [0.4, 0.5) is 14.9 Å². The van der Waals surface area contributed by atoms with Gasteiger partial charge in [0.05, 0.1) is 5.69 Å². The molecule has 0 unspecified atom stereocenters. The molecule has 2 bridgehead atoms. The molecule has 2 fully saturated rings. The Morgan fingerprint density at radius 2 is 1.66 bits per heavy atom. The summed E-state index contributed by atoms with van der Waals surface area (Å²) >= 11 is 0. The minimum Gasteiger partial charge on any atom is -0.349 e. The van der Waals surface area contributed by atoms with Crippen molar-refractivity contribution in [1.29, 1.82) is 0 Å². The number of nitrogens with one attached hydrogen (secondary N) is 2. The lowest BCUT2D eigenvalue weighted by Gasteiger charge is -2.48. The molecule has 2 aromatic rings. The van der Waals surface area contributed by atoms with Crippen LogP contribution >= 0.6 is 0 Å². The van der Waals surface area contributed by atoms with Crippen LogP contribution in [0.5, 0.6) is 0 Å². The summed E-state index contributed by atoms with van der Waals surface area (Å²) in [6, 6.07) is 13.6. The highest BCUT2D eigenvalue weighted by atomic mass is 19.1. The minimum absolute atomic E-state index is 0.0385. The summed E-state index contributed by atoms with van der Waals surface area (Å²) in [5, 5.41) is 5.86. The van der Waals surface area contributed by atoms with Gasteiger partial charge in [0.2, 0.25) is 0 Å². The van der Waals surface area contributed by atoms with E-state index in [2.05, 4.69) is 10.6 Å². The zero-order valence-corrected chi connectivity index (χ0v) is 16.5. The zero-order chi connectivity index (χ0) is 20.4. The van der Waals surface area contributed by atoms with Crippen LogP contribution in [0.15, 0.2) is 48.5 Å². The van der Waals surface area contributed by atoms with Crippen molar-refractivity contribution >= 4 is 17.6 Å². The molecule has 5 nitrogen and oxygen atoms in total. The summed E-state index contributed by atoms with van der Waals surface area (Å²) in [6.45, 7) is 1.99. The van der Waals surface area contributed by atoms with E-state index < -0.39 is 5.82 Å². The van der Waals surface area contributed by atoms with Crippen LogP contribution in [0.3, 0.4) is 0 Å². The van der Waals surface area contributed by atoms with E-state index in [1.165, 1.54) is 6.07 Å². The summed E-state index contributed by atoms with van der Waals surface area (Å²) in [5.74, 6) is -0.511. The van der Waals surface area contributed by atoms with E-state index in [1.54, 1.807) is 18.2 Å². The normalized spacial score (nSPS) is 23.4. The molecule has 2 aliphatic rings. The van der Waals surface area contributed by atoms with Gasteiger partial charge in [0.15, 0.2) is 0 Å². The van der Waals surface area contributed by atoms with Gasteiger partial charge in [-0.1, -0.05) is 29.8 Å². The van der Waals surface area contributed by atoms with E-state index in [-0.39, 0.29) is 35.8 Å². The van der Waals surface area contributed by atoms with Crippen LogP contribution in [0, 0.1) is 12.7 Å². The molecule has 2 atom stereocenters. The number of anilines is 1. The van der Waals surface area contributed by atoms with E-state index in [4.69, 9.17) is 0 Å². The van der Waals surface area contributed by atoms with Gasteiger partial charge in [-0.15, -0.1) is 0 Å². The number of aryl methyl sites for hydroxylation is 1. The number of carbonyl (C=O) groups is 2. The fourth-order valence-corrected chi connectivity index (χ4v) is 4.55. The molecule has 152 valence electrons. The van der Waals surface area contributed by atoms with Gasteiger partial charge in [0.25, 0.3) is 5.91 Å². The van der Waals surface area contributed by atoms with Crippen molar-refractivity contribution in [3.63, 3.8) is 0 Å². The average molecular weight is 395 g/mol. The number of carbonyl (C=O) groups excluding carboxylic acids is 2. The van der Waals surface area contributed by atoms with Crippen LogP contribution in [0.25, 0.3) is 0 Å². The Bertz CT molecular complexity index is 885. The first-order chi connectivity index (χ1) is 14.0. The highest BCUT2D eigenvalue weighted by Crippen LogP contribution is 2.35. The molecule has 2 aliphatic heterocycles. The van der Waals surface area contributed by atoms with Gasteiger partial charge in [-0.3, -0.25) is 4.79 Å². The van der Waals surface area contributed by atoms with Crippen molar-refractivity contribution in [2.45, 2.75) is 57.2 Å². The number of amides is 3. The van der Waals surface area contributed by atoms with Crippen molar-refractivity contribution < 1.29 is 14.0 Å². The average Bonchev–Trinajstić information content (AvgIpc) is 2.69. The monoisotopic (exact) mass is 395 g/mol. The number of halogens is 1. The number of para-hydroxylation sites is 1. The second-order valence-electron chi connectivity index (χ2n) is 8.06.